The Kier molecular flexibility index (Phi) is 2.86. The van der Waals surface area contributed by atoms with Crippen LogP contribution >= 0.6 is 0 Å². The first kappa shape index (κ1) is 9.44. The number of nitrogens with one attached hydrogen (secondary N) is 1. The van der Waals surface area contributed by atoms with Crippen molar-refractivity contribution in [2.45, 2.75) is 25.5 Å². The van der Waals surface area contributed by atoms with Gasteiger partial charge in [0.2, 0.25) is 0 Å². The maximum absolute atomic E-state index is 5.45. The Balaban J connectivity index is 1.81. The molecule has 76 valence electrons. The number of likely N-dealkylation sites (tertiary alicyclic amines) is 1. The van der Waals surface area contributed by atoms with Crippen LogP contribution in [0.1, 0.15) is 13.3 Å². The zero-order chi connectivity index (χ0) is 9.26. The molecule has 2 aliphatic rings. The number of nitrogens with zero attached hydrogens (tertiary/aromatic N) is 1. The Morgan fingerprint density at radius 2 is 2.15 bits per heavy atom. The van der Waals surface area contributed by atoms with Crippen LogP contribution in [0.2, 0.25) is 0 Å². The first-order valence-electron chi connectivity index (χ1n) is 5.32. The Bertz CT molecular complexity index is 168. The molecule has 1 unspecified atom stereocenters. The Morgan fingerprint density at radius 3 is 2.77 bits per heavy atom. The van der Waals surface area contributed by atoms with Crippen LogP contribution in [0.3, 0.4) is 0 Å². The molecule has 1 N–H and O–H groups in total. The van der Waals surface area contributed by atoms with Gasteiger partial charge >= 0.3 is 0 Å². The van der Waals surface area contributed by atoms with Crippen molar-refractivity contribution in [3.05, 3.63) is 0 Å². The van der Waals surface area contributed by atoms with Crippen molar-refractivity contribution in [2.75, 3.05) is 33.3 Å². The summed E-state index contributed by atoms with van der Waals surface area (Å²) in [7, 11) is 1.82. The summed E-state index contributed by atoms with van der Waals surface area (Å²) >= 11 is 0. The summed E-state index contributed by atoms with van der Waals surface area (Å²) in [5.41, 5.74) is 0. The van der Waals surface area contributed by atoms with E-state index in [1.165, 1.54) is 19.5 Å². The van der Waals surface area contributed by atoms with E-state index in [9.17, 15) is 0 Å². The van der Waals surface area contributed by atoms with Gasteiger partial charge in [0, 0.05) is 39.3 Å². The molecule has 3 nitrogen and oxygen atoms in total. The minimum atomic E-state index is 0.415. The van der Waals surface area contributed by atoms with E-state index < -0.39 is 0 Å². The molecule has 0 aromatic carbocycles. The quantitative estimate of drug-likeness (QED) is 0.683. The van der Waals surface area contributed by atoms with E-state index in [-0.39, 0.29) is 0 Å². The van der Waals surface area contributed by atoms with E-state index in [0.29, 0.717) is 12.1 Å². The third-order valence-electron chi connectivity index (χ3n) is 3.46. The van der Waals surface area contributed by atoms with Crippen molar-refractivity contribution in [1.29, 1.82) is 0 Å². The number of methoxy groups -OCH3 is 1. The molecule has 2 atom stereocenters. The molecule has 0 aromatic rings. The largest absolute Gasteiger partial charge is 0.378 e. The molecule has 2 heterocycles. The Hall–Kier alpha value is -0.120. The van der Waals surface area contributed by atoms with Gasteiger partial charge in [-0.3, -0.25) is 4.90 Å². The zero-order valence-corrected chi connectivity index (χ0v) is 8.62. The fraction of sp³-hybridized carbons (Fsp3) is 1.00. The van der Waals surface area contributed by atoms with Crippen LogP contribution in [-0.4, -0.2) is 50.3 Å². The van der Waals surface area contributed by atoms with E-state index in [2.05, 4.69) is 17.1 Å². The molecule has 2 saturated heterocycles. The summed E-state index contributed by atoms with van der Waals surface area (Å²) in [6, 6.07) is 0.632. The predicted octanol–water partition coefficient (Wildman–Crippen LogP) is 0.315. The average molecular weight is 184 g/mol. The highest BCUT2D eigenvalue weighted by Crippen LogP contribution is 2.24. The van der Waals surface area contributed by atoms with Gasteiger partial charge in [0.25, 0.3) is 0 Å². The van der Waals surface area contributed by atoms with Crippen LogP contribution in [0.15, 0.2) is 0 Å². The Morgan fingerprint density at radius 1 is 1.38 bits per heavy atom. The molecular weight excluding hydrogens is 164 g/mol. The third-order valence-corrected chi connectivity index (χ3v) is 3.46. The van der Waals surface area contributed by atoms with E-state index >= 15 is 0 Å². The van der Waals surface area contributed by atoms with Crippen LogP contribution in [0.5, 0.6) is 0 Å². The highest BCUT2D eigenvalue weighted by molar-refractivity contribution is 4.94. The van der Waals surface area contributed by atoms with Crippen molar-refractivity contribution in [2.24, 2.45) is 5.92 Å². The van der Waals surface area contributed by atoms with Crippen molar-refractivity contribution >= 4 is 0 Å². The van der Waals surface area contributed by atoms with Gasteiger partial charge in [0.05, 0.1) is 6.10 Å². The van der Waals surface area contributed by atoms with E-state index in [1.54, 1.807) is 0 Å². The van der Waals surface area contributed by atoms with Gasteiger partial charge in [0.1, 0.15) is 0 Å². The fourth-order valence-corrected chi connectivity index (χ4v) is 2.38. The van der Waals surface area contributed by atoms with E-state index in [4.69, 9.17) is 4.74 Å². The SMILES string of the molecule is CCC1CN(C2CNC[C@@H]2OC)C1. The monoisotopic (exact) mass is 184 g/mol. The van der Waals surface area contributed by atoms with Gasteiger partial charge in [0.15, 0.2) is 0 Å². The van der Waals surface area contributed by atoms with Gasteiger partial charge in [-0.05, 0) is 5.92 Å². The van der Waals surface area contributed by atoms with Crippen LogP contribution in [0, 0.1) is 5.92 Å². The second-order valence-corrected chi connectivity index (χ2v) is 4.23. The number of hydrogen-bond acceptors (Lipinski definition) is 3. The molecule has 0 amide bonds. The third kappa shape index (κ3) is 1.73. The van der Waals surface area contributed by atoms with E-state index in [1.807, 2.05) is 7.11 Å². The summed E-state index contributed by atoms with van der Waals surface area (Å²) in [5.74, 6) is 0.943. The normalized spacial score (nSPS) is 36.5. The van der Waals surface area contributed by atoms with Gasteiger partial charge < -0.3 is 10.1 Å². The van der Waals surface area contributed by atoms with Crippen LogP contribution in [-0.2, 0) is 4.74 Å². The van der Waals surface area contributed by atoms with Crippen molar-refractivity contribution in [1.82, 2.24) is 10.2 Å². The van der Waals surface area contributed by atoms with Crippen molar-refractivity contribution in [3.63, 3.8) is 0 Å². The maximum atomic E-state index is 5.45. The fourth-order valence-electron chi connectivity index (χ4n) is 2.38. The van der Waals surface area contributed by atoms with Gasteiger partial charge in [-0.2, -0.15) is 0 Å². The summed E-state index contributed by atoms with van der Waals surface area (Å²) in [4.78, 5) is 2.56. The van der Waals surface area contributed by atoms with Crippen LogP contribution < -0.4 is 5.32 Å². The molecule has 0 aliphatic carbocycles. The second kappa shape index (κ2) is 3.95. The predicted molar refractivity (Wildman–Crippen MR) is 52.8 cm³/mol. The topological polar surface area (TPSA) is 24.5 Å². The minimum absolute atomic E-state index is 0.415. The summed E-state index contributed by atoms with van der Waals surface area (Å²) in [6.45, 7) is 6.97. The molecule has 3 heteroatoms. The molecule has 2 aliphatic heterocycles. The van der Waals surface area contributed by atoms with Crippen LogP contribution in [0.25, 0.3) is 0 Å². The number of rotatable bonds is 3. The molecule has 2 rings (SSSR count). The summed E-state index contributed by atoms with van der Waals surface area (Å²) < 4.78 is 5.45. The highest BCUT2D eigenvalue weighted by atomic mass is 16.5. The molecule has 0 aromatic heterocycles. The molecule has 13 heavy (non-hydrogen) atoms. The molecular formula is C10H20N2O. The van der Waals surface area contributed by atoms with Crippen molar-refractivity contribution < 1.29 is 4.74 Å². The summed E-state index contributed by atoms with van der Waals surface area (Å²) in [6.07, 6.45) is 1.74. The first-order valence-corrected chi connectivity index (χ1v) is 5.32. The lowest BCUT2D eigenvalue weighted by Crippen LogP contribution is -2.56. The average Bonchev–Trinajstić information content (AvgIpc) is 2.50. The number of ether oxygens (including phenoxy) is 1. The maximum Gasteiger partial charge on any atom is 0.0862 e. The molecule has 0 spiro atoms. The number of hydrogen-bond donors (Lipinski definition) is 1. The van der Waals surface area contributed by atoms with E-state index in [0.717, 1.165) is 19.0 Å². The van der Waals surface area contributed by atoms with Gasteiger partial charge in [-0.1, -0.05) is 13.3 Å². The Labute approximate surface area is 80.4 Å². The second-order valence-electron chi connectivity index (χ2n) is 4.23. The standard InChI is InChI=1S/C10H20N2O/c1-3-8-6-12(7-8)9-4-11-5-10(9)13-2/h8-11H,3-7H2,1-2H3/t9?,10-/m0/s1. The van der Waals surface area contributed by atoms with Gasteiger partial charge in [-0.25, -0.2) is 0 Å². The molecule has 0 radical (unpaired) electrons. The lowest BCUT2D eigenvalue weighted by Gasteiger charge is -2.44. The molecule has 0 bridgehead atoms. The first-order chi connectivity index (χ1) is 6.35. The highest BCUT2D eigenvalue weighted by Gasteiger charge is 2.38. The van der Waals surface area contributed by atoms with Crippen LogP contribution in [0.4, 0.5) is 0 Å². The van der Waals surface area contributed by atoms with Gasteiger partial charge in [-0.15, -0.1) is 0 Å². The zero-order valence-electron chi connectivity index (χ0n) is 8.62. The lowest BCUT2D eigenvalue weighted by molar-refractivity contribution is -0.0118. The molecule has 2 fully saturated rings. The minimum Gasteiger partial charge on any atom is -0.378 e. The summed E-state index contributed by atoms with van der Waals surface area (Å²) in [5, 5.41) is 3.39. The smallest absolute Gasteiger partial charge is 0.0862 e. The lowest BCUT2D eigenvalue weighted by atomic mass is 9.94. The van der Waals surface area contributed by atoms with Crippen molar-refractivity contribution in [3.8, 4) is 0 Å². The molecule has 0 saturated carbocycles.